The van der Waals surface area contributed by atoms with E-state index in [2.05, 4.69) is 10.6 Å². The van der Waals surface area contributed by atoms with Crippen LogP contribution in [0.3, 0.4) is 0 Å². The molecule has 2 atom stereocenters. The van der Waals surface area contributed by atoms with Crippen LogP contribution in [0.1, 0.15) is 0 Å². The fraction of sp³-hybridized carbons (Fsp3) is 0.875. The van der Waals surface area contributed by atoms with Crippen LogP contribution in [0.25, 0.3) is 0 Å². The van der Waals surface area contributed by atoms with Crippen LogP contribution >= 0.6 is 0 Å². The van der Waals surface area contributed by atoms with E-state index < -0.39 is 0 Å². The van der Waals surface area contributed by atoms with Crippen molar-refractivity contribution in [2.24, 2.45) is 17.8 Å². The maximum atomic E-state index is 10.7. The number of alkyl carbamates (subject to hydrolysis) is 1. The molecule has 1 aliphatic heterocycles. The largest absolute Gasteiger partial charge is 0.449 e. The molecule has 2 fully saturated rings. The lowest BCUT2D eigenvalue weighted by molar-refractivity contribution is 0.139. The Bertz CT molecular complexity index is 185. The molecule has 1 saturated carbocycles. The molecule has 2 unspecified atom stereocenters. The average Bonchev–Trinajstić information content (AvgIpc) is 2.55. The molecule has 1 heterocycles. The van der Waals surface area contributed by atoms with Crippen LogP contribution < -0.4 is 10.6 Å². The van der Waals surface area contributed by atoms with Crippen LogP contribution in [0.15, 0.2) is 0 Å². The first-order chi connectivity index (χ1) is 5.83. The van der Waals surface area contributed by atoms with Gasteiger partial charge in [-0.05, 0) is 24.9 Å². The highest BCUT2D eigenvalue weighted by Crippen LogP contribution is 2.48. The highest BCUT2D eigenvalue weighted by molar-refractivity contribution is 5.66. The summed E-state index contributed by atoms with van der Waals surface area (Å²) in [5.41, 5.74) is 0. The van der Waals surface area contributed by atoms with E-state index in [0.717, 1.165) is 24.9 Å². The molecule has 2 rings (SSSR count). The Morgan fingerprint density at radius 1 is 1.58 bits per heavy atom. The van der Waals surface area contributed by atoms with Gasteiger partial charge in [0.05, 0.1) is 6.61 Å². The molecule has 0 bridgehead atoms. The summed E-state index contributed by atoms with van der Waals surface area (Å²) >= 11 is 0. The normalized spacial score (nSPS) is 37.2. The Kier molecular flexibility index (Phi) is 1.92. The third kappa shape index (κ3) is 1.27. The predicted octanol–water partition coefficient (Wildman–Crippen LogP) is -0.192. The summed E-state index contributed by atoms with van der Waals surface area (Å²) in [6.07, 6.45) is -0.312. The Labute approximate surface area is 71.7 Å². The van der Waals surface area contributed by atoms with Gasteiger partial charge in [0.15, 0.2) is 0 Å². The highest BCUT2D eigenvalue weighted by Gasteiger charge is 2.53. The molecule has 68 valence electrons. The van der Waals surface area contributed by atoms with E-state index in [0.29, 0.717) is 12.5 Å². The van der Waals surface area contributed by atoms with Crippen molar-refractivity contribution in [1.29, 1.82) is 0 Å². The molecule has 1 amide bonds. The number of hydrogen-bond acceptors (Lipinski definition) is 3. The molecular formula is C8H14N2O2. The minimum absolute atomic E-state index is 0.312. The van der Waals surface area contributed by atoms with Crippen LogP contribution in [0.2, 0.25) is 0 Å². The van der Waals surface area contributed by atoms with Gasteiger partial charge in [-0.15, -0.1) is 0 Å². The lowest BCUT2D eigenvalue weighted by Gasteiger charge is -2.05. The Morgan fingerprint density at radius 2 is 2.25 bits per heavy atom. The molecule has 1 aliphatic carbocycles. The van der Waals surface area contributed by atoms with Crippen LogP contribution in [-0.4, -0.2) is 32.8 Å². The summed E-state index contributed by atoms with van der Waals surface area (Å²) in [4.78, 5) is 10.7. The molecule has 1 saturated heterocycles. The molecule has 0 radical (unpaired) electrons. The van der Waals surface area contributed by atoms with Gasteiger partial charge >= 0.3 is 6.09 Å². The van der Waals surface area contributed by atoms with Crippen LogP contribution in [-0.2, 0) is 4.74 Å². The van der Waals surface area contributed by atoms with Crippen molar-refractivity contribution in [3.8, 4) is 0 Å². The SMILES string of the molecule is CNC(=O)OCC1C2CNCC21. The lowest BCUT2D eigenvalue weighted by Crippen LogP contribution is -2.23. The van der Waals surface area contributed by atoms with Crippen molar-refractivity contribution in [3.63, 3.8) is 0 Å². The van der Waals surface area contributed by atoms with Gasteiger partial charge in [-0.2, -0.15) is 0 Å². The highest BCUT2D eigenvalue weighted by atomic mass is 16.5. The van der Waals surface area contributed by atoms with Crippen LogP contribution in [0.5, 0.6) is 0 Å². The van der Waals surface area contributed by atoms with E-state index in [1.54, 1.807) is 7.05 Å². The van der Waals surface area contributed by atoms with Crippen molar-refractivity contribution in [2.75, 3.05) is 26.7 Å². The third-order valence-electron chi connectivity index (χ3n) is 2.88. The van der Waals surface area contributed by atoms with E-state index in [-0.39, 0.29) is 6.09 Å². The first-order valence-electron chi connectivity index (χ1n) is 4.38. The lowest BCUT2D eigenvalue weighted by atomic mass is 10.3. The van der Waals surface area contributed by atoms with Crippen molar-refractivity contribution in [2.45, 2.75) is 0 Å². The maximum absolute atomic E-state index is 10.7. The Morgan fingerprint density at radius 3 is 2.83 bits per heavy atom. The summed E-state index contributed by atoms with van der Waals surface area (Å²) in [7, 11) is 1.58. The smallest absolute Gasteiger partial charge is 0.406 e. The molecule has 0 aromatic carbocycles. The first-order valence-corrected chi connectivity index (χ1v) is 4.38. The van der Waals surface area contributed by atoms with Crippen molar-refractivity contribution in [1.82, 2.24) is 10.6 Å². The standard InChI is InChI=1S/C8H14N2O2/c1-9-8(11)12-4-7-5-2-10-3-6(5)7/h5-7,10H,2-4H2,1H3,(H,9,11). The number of piperidine rings is 1. The first kappa shape index (κ1) is 7.86. The molecule has 2 aliphatic rings. The summed E-state index contributed by atoms with van der Waals surface area (Å²) < 4.78 is 4.97. The zero-order valence-electron chi connectivity index (χ0n) is 7.17. The number of carbonyl (C=O) groups excluding carboxylic acids is 1. The van der Waals surface area contributed by atoms with Gasteiger partial charge in [-0.1, -0.05) is 0 Å². The number of nitrogens with one attached hydrogen (secondary N) is 2. The molecule has 12 heavy (non-hydrogen) atoms. The molecule has 2 N–H and O–H groups in total. The molecule has 4 nitrogen and oxygen atoms in total. The van der Waals surface area contributed by atoms with Gasteiger partial charge in [0.1, 0.15) is 0 Å². The maximum Gasteiger partial charge on any atom is 0.406 e. The van der Waals surface area contributed by atoms with E-state index in [9.17, 15) is 4.79 Å². The third-order valence-corrected chi connectivity index (χ3v) is 2.88. The molecule has 4 heteroatoms. The quantitative estimate of drug-likeness (QED) is 0.604. The van der Waals surface area contributed by atoms with E-state index in [1.165, 1.54) is 0 Å². The number of ether oxygens (including phenoxy) is 1. The fourth-order valence-electron chi connectivity index (χ4n) is 2.04. The number of amides is 1. The summed E-state index contributed by atoms with van der Waals surface area (Å²) in [6, 6.07) is 0. The van der Waals surface area contributed by atoms with Gasteiger partial charge in [0.2, 0.25) is 0 Å². The topological polar surface area (TPSA) is 50.4 Å². The average molecular weight is 170 g/mol. The van der Waals surface area contributed by atoms with Gasteiger partial charge in [-0.3, -0.25) is 0 Å². The zero-order chi connectivity index (χ0) is 8.55. The van der Waals surface area contributed by atoms with E-state index in [1.807, 2.05) is 0 Å². The van der Waals surface area contributed by atoms with Gasteiger partial charge in [-0.25, -0.2) is 4.79 Å². The zero-order valence-corrected chi connectivity index (χ0v) is 7.17. The summed E-state index contributed by atoms with van der Waals surface area (Å²) in [6.45, 7) is 2.80. The predicted molar refractivity (Wildman–Crippen MR) is 43.7 cm³/mol. The molecule has 0 aromatic rings. The minimum atomic E-state index is -0.312. The fourth-order valence-corrected chi connectivity index (χ4v) is 2.04. The van der Waals surface area contributed by atoms with Crippen molar-refractivity contribution >= 4 is 6.09 Å². The van der Waals surface area contributed by atoms with E-state index in [4.69, 9.17) is 4.74 Å². The molecule has 0 spiro atoms. The second kappa shape index (κ2) is 2.94. The van der Waals surface area contributed by atoms with Gasteiger partial charge < -0.3 is 15.4 Å². The van der Waals surface area contributed by atoms with Crippen LogP contribution in [0, 0.1) is 17.8 Å². The summed E-state index contributed by atoms with van der Waals surface area (Å²) in [5, 5.41) is 5.73. The monoisotopic (exact) mass is 170 g/mol. The van der Waals surface area contributed by atoms with Crippen molar-refractivity contribution in [3.05, 3.63) is 0 Å². The van der Waals surface area contributed by atoms with E-state index >= 15 is 0 Å². The van der Waals surface area contributed by atoms with Crippen molar-refractivity contribution < 1.29 is 9.53 Å². The second-order valence-electron chi connectivity index (χ2n) is 3.50. The molecule has 0 aromatic heterocycles. The number of fused-ring (bicyclic) bond motifs is 1. The summed E-state index contributed by atoms with van der Waals surface area (Å²) in [5.74, 6) is 2.17. The van der Waals surface area contributed by atoms with Gasteiger partial charge in [0.25, 0.3) is 0 Å². The Hall–Kier alpha value is -0.770. The number of hydrogen-bond donors (Lipinski definition) is 2. The number of carbonyl (C=O) groups is 1. The minimum Gasteiger partial charge on any atom is -0.449 e. The number of rotatable bonds is 2. The molecular weight excluding hydrogens is 156 g/mol. The van der Waals surface area contributed by atoms with Crippen LogP contribution in [0.4, 0.5) is 4.79 Å². The van der Waals surface area contributed by atoms with Gasteiger partial charge in [0, 0.05) is 13.0 Å². The Balaban J connectivity index is 1.67. The second-order valence-corrected chi connectivity index (χ2v) is 3.50.